The summed E-state index contributed by atoms with van der Waals surface area (Å²) in [6.45, 7) is 38.5. The van der Waals surface area contributed by atoms with Crippen molar-refractivity contribution >= 4 is 10.1 Å². The first-order valence-corrected chi connectivity index (χ1v) is 34.2. The van der Waals surface area contributed by atoms with Crippen LogP contribution in [0.15, 0.2) is 72.8 Å². The molecule has 42 heteroatoms. The molecule has 0 aliphatic heterocycles. The summed E-state index contributed by atoms with van der Waals surface area (Å²) in [4.78, 5) is 64.4. The summed E-state index contributed by atoms with van der Waals surface area (Å²) in [5, 5.41) is 95.6. The van der Waals surface area contributed by atoms with E-state index in [4.69, 9.17) is 109 Å². The Balaban J connectivity index is 0.00000160. The summed E-state index contributed by atoms with van der Waals surface area (Å²) in [5.74, 6) is 2.15. The van der Waals surface area contributed by atoms with Gasteiger partial charge in [-0.2, -0.15) is 44.1 Å². The Hall–Kier alpha value is -9.10. The summed E-state index contributed by atoms with van der Waals surface area (Å²) < 4.78 is 58.9. The van der Waals surface area contributed by atoms with Crippen LogP contribution in [0.25, 0.3) is 68.8 Å². The third kappa shape index (κ3) is 26.8. The van der Waals surface area contributed by atoms with E-state index < -0.39 is 30.9 Å². The zero-order chi connectivity index (χ0) is 80.1. The second kappa shape index (κ2) is 40.4. The van der Waals surface area contributed by atoms with Gasteiger partial charge < -0.3 is 66.9 Å². The van der Waals surface area contributed by atoms with E-state index in [0.29, 0.717) is 46.1 Å². The second-order valence-corrected chi connectivity index (χ2v) is 31.4. The summed E-state index contributed by atoms with van der Waals surface area (Å²) in [7, 11) is -6.09. The zero-order valence-electron chi connectivity index (χ0n) is 64.1. The van der Waals surface area contributed by atoms with Gasteiger partial charge in [0, 0.05) is 119 Å². The average Bonchev–Trinajstić information content (AvgIpc) is 0.769. The molecule has 0 bridgehead atoms. The van der Waals surface area contributed by atoms with E-state index in [-0.39, 0.29) is 122 Å². The van der Waals surface area contributed by atoms with Gasteiger partial charge >= 0.3 is 5.51 Å². The molecular weight excluding hydrogens is 1930 g/mol. The number of fused-ring (bicyclic) bond motifs is 4. The molecule has 0 fully saturated rings. The minimum Gasteiger partial charge on any atom is -2.00 e. The van der Waals surface area contributed by atoms with Gasteiger partial charge in [-0.25, -0.2) is 48.3 Å². The molecule has 0 saturated carbocycles. The van der Waals surface area contributed by atoms with E-state index in [1.807, 2.05) is 72.8 Å². The Morgan fingerprint density at radius 2 is 0.459 bits per heavy atom. The molecule has 0 N–H and O–H groups in total. The van der Waals surface area contributed by atoms with E-state index in [2.05, 4.69) is 152 Å². The van der Waals surface area contributed by atoms with Crippen LogP contribution in [-0.2, 0) is 69.9 Å². The second-order valence-electron chi connectivity index (χ2n) is 30.1. The van der Waals surface area contributed by atoms with Gasteiger partial charge in [0.1, 0.15) is 22.8 Å². The van der Waals surface area contributed by atoms with Gasteiger partial charge in [0.15, 0.2) is 10.1 Å². The maximum absolute atomic E-state index is 10.7. The number of nitrogens with zero attached hydrogens (tertiary/aromatic N) is 21. The van der Waals surface area contributed by atoms with Crippen molar-refractivity contribution in [3.63, 3.8) is 0 Å². The van der Waals surface area contributed by atoms with E-state index >= 15 is 0 Å². The topological polar surface area (TPSA) is 595 Å². The smallest absolute Gasteiger partial charge is 0.485 e. The average molecular weight is 2010 g/mol. The predicted molar refractivity (Wildman–Crippen MR) is 383 cm³/mol. The number of alkyl halides is 3. The number of nitriles is 2. The summed E-state index contributed by atoms with van der Waals surface area (Å²) in [6.07, 6.45) is 8.50. The largest absolute Gasteiger partial charge is 2.00 e. The molecule has 0 unspecified atom stereocenters. The Bertz CT molecular complexity index is 4210. The first-order chi connectivity index (χ1) is 48.8. The minimum atomic E-state index is -6.09. The number of hydrogen-bond donors (Lipinski definition) is 0. The van der Waals surface area contributed by atoms with Crippen molar-refractivity contribution in [3.05, 3.63) is 164 Å². The first-order valence-electron chi connectivity index (χ1n) is 32.8. The van der Waals surface area contributed by atoms with E-state index in [1.165, 1.54) is 13.8 Å². The molecule has 0 amide bonds. The van der Waals surface area contributed by atoms with Crippen LogP contribution in [0.2, 0.25) is 0 Å². The molecule has 0 spiro atoms. The van der Waals surface area contributed by atoms with Gasteiger partial charge in [0.2, 0.25) is 23.3 Å². The van der Waals surface area contributed by atoms with Crippen molar-refractivity contribution in [2.45, 2.75) is 225 Å². The number of halogens is 3. The zero-order valence-corrected chi connectivity index (χ0v) is 73.3. The summed E-state index contributed by atoms with van der Waals surface area (Å²) in [5.41, 5.74) is 7.60. The minimum absolute atomic E-state index is 0. The van der Waals surface area contributed by atoms with Crippen LogP contribution in [0.4, 0.5) is 13.2 Å². The Morgan fingerprint density at radius 1 is 0.333 bits per heavy atom. The number of hydrogen-bond acceptors (Lipinski definition) is 30. The van der Waals surface area contributed by atoms with Crippen molar-refractivity contribution in [1.82, 2.24) is 80.7 Å². The molecule has 0 saturated heterocycles. The van der Waals surface area contributed by atoms with Gasteiger partial charge in [-0.1, -0.05) is 135 Å². The van der Waals surface area contributed by atoms with Crippen LogP contribution in [0.3, 0.4) is 0 Å². The molecule has 598 valence electrons. The summed E-state index contributed by atoms with van der Waals surface area (Å²) in [6, 6.07) is 26.9. The van der Waals surface area contributed by atoms with Crippen LogP contribution in [-0.4, -0.2) is 114 Å². The molecule has 4 aliphatic rings. The van der Waals surface area contributed by atoms with E-state index in [0.717, 1.165) is 120 Å². The van der Waals surface area contributed by atoms with Crippen molar-refractivity contribution in [2.24, 2.45) is 0 Å². The fourth-order valence-electron chi connectivity index (χ4n) is 11.7. The number of rotatable bonds is 6. The van der Waals surface area contributed by atoms with Crippen molar-refractivity contribution in [3.8, 4) is 81.0 Å². The molecular formula is C69H82F3N21O15SU2-10. The van der Waals surface area contributed by atoms with Crippen LogP contribution in [0.5, 0.6) is 0 Å². The quantitative estimate of drug-likeness (QED) is 0.0645. The predicted octanol–water partition coefficient (Wildman–Crippen LogP) is 13.1. The molecule has 111 heavy (non-hydrogen) atoms. The summed E-state index contributed by atoms with van der Waals surface area (Å²) >= 11 is 0. The van der Waals surface area contributed by atoms with E-state index in [1.54, 1.807) is 12.1 Å². The maximum atomic E-state index is 10.7. The third-order valence-corrected chi connectivity index (χ3v) is 18.7. The van der Waals surface area contributed by atoms with Crippen LogP contribution in [0.1, 0.15) is 222 Å². The monoisotopic (exact) mass is 2010 g/mol. The van der Waals surface area contributed by atoms with E-state index in [9.17, 15) is 13.2 Å². The standard InChI is InChI=1S/2C32H38N8.2C2H3N.CHF3O3S.3NO3.3O.2U/c2*1-29(2)15-17-31(5,6)25-23(29)35-27(39-37-25)21-13-9-11-19(33-21)20-12-10-14-22(34-20)28-36-24-26(38-40-28)32(7,8)18-16-30(24,3)4;2*1-2-3;2-1(3,4)8(5,6)7;3*2-1(3)4;;;;;/h2*9-14H,15-18H2,1-8H3;2*1H3;(H,5,6,7);;;;;;;;/q;;;;;3*-1;3*-2;;/p-1. The molecule has 8 aromatic rings. The molecule has 0 radical (unpaired) electrons. The van der Waals surface area contributed by atoms with Crippen molar-refractivity contribution in [2.75, 3.05) is 0 Å². The SMILES string of the molecule is CC#N.CC#N.CC1(C)CCC(C)(C)c2nc(-c3cccc(-c4cccc(-c5nnc6c(n5)C(C)(C)CCC6(C)C)n4)n3)nnc21.CC1(C)CCC(C)(C)c2nc(-c3cccc(-c4cccc(-c5nnc6c(n5)C(C)(C)CCC6(C)C)n4)n3)nnc21.O=S(=O)([O-])C(F)(F)F.O=[N+]([O-])[O-].O=[N+]([O-])[O-].O=[N+]([O-])[O-].[O-2].[O-2].[O-2].[U].[U]. The molecule has 8 heterocycles. The fourth-order valence-corrected chi connectivity index (χ4v) is 11.7. The first kappa shape index (κ1) is 102. The molecule has 36 nitrogen and oxygen atoms in total. The van der Waals surface area contributed by atoms with Crippen molar-refractivity contribution in [1.29, 1.82) is 10.5 Å². The third-order valence-electron chi connectivity index (χ3n) is 18.1. The Labute approximate surface area is 686 Å². The molecule has 8 aromatic heterocycles. The Morgan fingerprint density at radius 3 is 0.595 bits per heavy atom. The molecule has 0 aromatic carbocycles. The molecule has 0 atom stereocenters. The number of aromatic nitrogens is 16. The molecule has 12 rings (SSSR count). The van der Waals surface area contributed by atoms with Gasteiger partial charge in [-0.05, 0) is 99.9 Å². The normalized spacial score (nSPS) is 16.1. The fraction of sp³-hybridized carbons (Fsp3) is 0.507. The molecule has 4 aliphatic carbocycles. The van der Waals surface area contributed by atoms with Gasteiger partial charge in [0.25, 0.3) is 0 Å². The number of pyridine rings is 4. The maximum Gasteiger partial charge on any atom is 0.485 e. The van der Waals surface area contributed by atoms with Gasteiger partial charge in [-0.15, -0.1) is 20.4 Å². The van der Waals surface area contributed by atoms with Crippen molar-refractivity contribution < 1.29 is 120 Å². The van der Waals surface area contributed by atoms with Crippen LogP contribution >= 0.6 is 0 Å². The van der Waals surface area contributed by atoms with Gasteiger partial charge in [-0.3, -0.25) is 0 Å². The van der Waals surface area contributed by atoms with Crippen LogP contribution < -0.4 is 0 Å². The van der Waals surface area contributed by atoms with Crippen LogP contribution in [0, 0.1) is 131 Å². The Kier molecular flexibility index (Phi) is 37.1. The van der Waals surface area contributed by atoms with Gasteiger partial charge in [0.05, 0.1) is 95.7 Å².